The van der Waals surface area contributed by atoms with Gasteiger partial charge >= 0.3 is 0 Å². The van der Waals surface area contributed by atoms with Gasteiger partial charge < -0.3 is 5.32 Å². The minimum atomic E-state index is -0.816. The largest absolute Gasteiger partial charge is 0.323 e. The minimum Gasteiger partial charge on any atom is -0.323 e. The summed E-state index contributed by atoms with van der Waals surface area (Å²) in [7, 11) is 0. The molecule has 0 saturated carbocycles. The highest BCUT2D eigenvalue weighted by molar-refractivity contribution is 8.00. The number of nitrogens with one attached hydrogen (secondary N) is 1. The summed E-state index contributed by atoms with van der Waals surface area (Å²) in [4.78, 5) is 12.2. The molecule has 3 rings (SSSR count). The third kappa shape index (κ3) is 3.31. The van der Waals surface area contributed by atoms with Gasteiger partial charge in [-0.3, -0.25) is 9.20 Å². The van der Waals surface area contributed by atoms with Crippen molar-refractivity contribution in [1.29, 1.82) is 0 Å². The summed E-state index contributed by atoms with van der Waals surface area (Å²) in [5, 5.41) is 10.5. The van der Waals surface area contributed by atoms with Crippen molar-refractivity contribution in [3.05, 3.63) is 54.2 Å². The lowest BCUT2D eigenvalue weighted by Crippen LogP contribution is -2.23. The van der Waals surface area contributed by atoms with Crippen LogP contribution in [0.5, 0.6) is 0 Å². The number of fused-ring (bicyclic) bond motifs is 1. The van der Waals surface area contributed by atoms with E-state index in [0.717, 1.165) is 12.1 Å². The molecule has 23 heavy (non-hydrogen) atoms. The molecule has 0 unspecified atom stereocenters. The lowest BCUT2D eigenvalue weighted by atomic mass is 10.3. The summed E-state index contributed by atoms with van der Waals surface area (Å²) in [6, 6.07) is 8.47. The van der Waals surface area contributed by atoms with Gasteiger partial charge in [-0.2, -0.15) is 0 Å². The normalized spacial score (nSPS) is 12.3. The second-order valence-electron chi connectivity index (χ2n) is 4.78. The van der Waals surface area contributed by atoms with Crippen LogP contribution in [-0.2, 0) is 4.79 Å². The van der Waals surface area contributed by atoms with E-state index in [1.807, 2.05) is 12.1 Å². The zero-order chi connectivity index (χ0) is 16.4. The van der Waals surface area contributed by atoms with Gasteiger partial charge in [0.15, 0.2) is 10.8 Å². The molecule has 0 aliphatic rings. The van der Waals surface area contributed by atoms with E-state index >= 15 is 0 Å². The molecule has 8 heteroatoms. The van der Waals surface area contributed by atoms with Gasteiger partial charge in [-0.15, -0.1) is 10.2 Å². The van der Waals surface area contributed by atoms with Crippen LogP contribution in [0.1, 0.15) is 6.92 Å². The molecule has 0 saturated heterocycles. The summed E-state index contributed by atoms with van der Waals surface area (Å²) in [6.07, 6.45) is 1.79. The molecule has 1 amide bonds. The van der Waals surface area contributed by atoms with Crippen LogP contribution < -0.4 is 5.32 Å². The van der Waals surface area contributed by atoms with Crippen LogP contribution in [0.3, 0.4) is 0 Å². The molecule has 3 aromatic rings. The molecule has 0 aliphatic heterocycles. The first-order valence-electron chi connectivity index (χ1n) is 6.77. The Labute approximate surface area is 134 Å². The summed E-state index contributed by atoms with van der Waals surface area (Å²) >= 11 is 1.20. The molecule has 2 aromatic heterocycles. The number of pyridine rings is 1. The van der Waals surface area contributed by atoms with Crippen molar-refractivity contribution in [1.82, 2.24) is 14.6 Å². The Morgan fingerprint density at radius 2 is 2.09 bits per heavy atom. The van der Waals surface area contributed by atoms with Crippen LogP contribution in [0.25, 0.3) is 5.65 Å². The summed E-state index contributed by atoms with van der Waals surface area (Å²) < 4.78 is 28.2. The van der Waals surface area contributed by atoms with Crippen molar-refractivity contribution in [2.45, 2.75) is 17.3 Å². The van der Waals surface area contributed by atoms with Crippen LogP contribution in [0.2, 0.25) is 0 Å². The van der Waals surface area contributed by atoms with Crippen molar-refractivity contribution in [2.24, 2.45) is 0 Å². The number of anilines is 1. The fourth-order valence-corrected chi connectivity index (χ4v) is 2.77. The number of carbonyl (C=O) groups excluding carboxylic acids is 1. The van der Waals surface area contributed by atoms with Crippen molar-refractivity contribution < 1.29 is 13.6 Å². The van der Waals surface area contributed by atoms with Gasteiger partial charge in [-0.1, -0.05) is 17.8 Å². The predicted octanol–water partition coefficient (Wildman–Crippen LogP) is 3.13. The smallest absolute Gasteiger partial charge is 0.237 e. The number of thioether (sulfide) groups is 1. The molecule has 0 fully saturated rings. The molecule has 1 N–H and O–H groups in total. The standard InChI is InChI=1S/C15H12F2N4OS/c1-9(14(22)18-12-6-5-10(16)8-11(12)17)23-15-20-19-13-4-2-3-7-21(13)15/h2-9H,1H3,(H,18,22)/t9-/m0/s1. The SMILES string of the molecule is C[C@H](Sc1nnc2ccccn12)C(=O)Nc1ccc(F)cc1F. The Hall–Kier alpha value is -2.48. The van der Waals surface area contributed by atoms with Crippen LogP contribution in [0.4, 0.5) is 14.5 Å². The van der Waals surface area contributed by atoms with E-state index in [1.165, 1.54) is 17.8 Å². The summed E-state index contributed by atoms with van der Waals surface area (Å²) in [5.41, 5.74) is 0.613. The second kappa shape index (κ2) is 6.33. The maximum absolute atomic E-state index is 13.6. The summed E-state index contributed by atoms with van der Waals surface area (Å²) in [6.45, 7) is 1.67. The number of hydrogen-bond acceptors (Lipinski definition) is 4. The average Bonchev–Trinajstić information content (AvgIpc) is 2.93. The van der Waals surface area contributed by atoms with E-state index in [2.05, 4.69) is 15.5 Å². The average molecular weight is 334 g/mol. The molecule has 2 heterocycles. The number of halogens is 2. The van der Waals surface area contributed by atoms with E-state index in [9.17, 15) is 13.6 Å². The third-order valence-corrected chi connectivity index (χ3v) is 4.18. The van der Waals surface area contributed by atoms with Gasteiger partial charge in [0.25, 0.3) is 0 Å². The van der Waals surface area contributed by atoms with E-state index in [1.54, 1.807) is 23.6 Å². The topological polar surface area (TPSA) is 59.3 Å². The van der Waals surface area contributed by atoms with Crippen molar-refractivity contribution in [2.75, 3.05) is 5.32 Å². The fraction of sp³-hybridized carbons (Fsp3) is 0.133. The zero-order valence-electron chi connectivity index (χ0n) is 12.0. The monoisotopic (exact) mass is 334 g/mol. The van der Waals surface area contributed by atoms with Crippen molar-refractivity contribution >= 4 is 29.0 Å². The molecule has 0 radical (unpaired) electrons. The van der Waals surface area contributed by atoms with E-state index in [0.29, 0.717) is 10.8 Å². The molecule has 0 aliphatic carbocycles. The molecule has 5 nitrogen and oxygen atoms in total. The van der Waals surface area contributed by atoms with Gasteiger partial charge in [-0.25, -0.2) is 8.78 Å². The van der Waals surface area contributed by atoms with Gasteiger partial charge in [0.1, 0.15) is 11.6 Å². The summed E-state index contributed by atoms with van der Waals surface area (Å²) in [5.74, 6) is -1.92. The van der Waals surface area contributed by atoms with Crippen LogP contribution in [-0.4, -0.2) is 25.8 Å². The number of benzene rings is 1. The minimum absolute atomic E-state index is 0.0602. The Morgan fingerprint density at radius 3 is 2.87 bits per heavy atom. The van der Waals surface area contributed by atoms with Crippen LogP contribution >= 0.6 is 11.8 Å². The fourth-order valence-electron chi connectivity index (χ4n) is 1.94. The zero-order valence-corrected chi connectivity index (χ0v) is 12.8. The lowest BCUT2D eigenvalue weighted by Gasteiger charge is -2.11. The molecular weight excluding hydrogens is 322 g/mol. The predicted molar refractivity (Wildman–Crippen MR) is 83.3 cm³/mol. The van der Waals surface area contributed by atoms with E-state index in [4.69, 9.17) is 0 Å². The van der Waals surface area contributed by atoms with Gasteiger partial charge in [0.05, 0.1) is 10.9 Å². The number of rotatable bonds is 4. The number of amides is 1. The Bertz CT molecular complexity index is 868. The van der Waals surface area contributed by atoms with Gasteiger partial charge in [-0.05, 0) is 31.2 Å². The first-order valence-corrected chi connectivity index (χ1v) is 7.65. The maximum Gasteiger partial charge on any atom is 0.237 e. The highest BCUT2D eigenvalue weighted by Gasteiger charge is 2.19. The number of carbonyl (C=O) groups is 1. The second-order valence-corrected chi connectivity index (χ2v) is 6.09. The van der Waals surface area contributed by atoms with Crippen molar-refractivity contribution in [3.8, 4) is 0 Å². The molecule has 1 atom stereocenters. The lowest BCUT2D eigenvalue weighted by molar-refractivity contribution is -0.115. The van der Waals surface area contributed by atoms with E-state index < -0.39 is 22.8 Å². The number of hydrogen-bond donors (Lipinski definition) is 1. The maximum atomic E-state index is 13.6. The molecular formula is C15H12F2N4OS. The Morgan fingerprint density at radius 1 is 1.26 bits per heavy atom. The van der Waals surface area contributed by atoms with Crippen LogP contribution in [0, 0.1) is 11.6 Å². The number of nitrogens with zero attached hydrogens (tertiary/aromatic N) is 3. The number of aromatic nitrogens is 3. The first kappa shape index (κ1) is 15.4. The molecule has 118 valence electrons. The van der Waals surface area contributed by atoms with Gasteiger partial charge in [0.2, 0.25) is 5.91 Å². The van der Waals surface area contributed by atoms with Crippen LogP contribution in [0.15, 0.2) is 47.8 Å². The van der Waals surface area contributed by atoms with Crippen molar-refractivity contribution in [3.63, 3.8) is 0 Å². The molecule has 0 bridgehead atoms. The Kier molecular flexibility index (Phi) is 4.24. The van der Waals surface area contributed by atoms with E-state index in [-0.39, 0.29) is 5.69 Å². The highest BCUT2D eigenvalue weighted by atomic mass is 32.2. The molecule has 1 aromatic carbocycles. The first-order chi connectivity index (χ1) is 11.0. The highest BCUT2D eigenvalue weighted by Crippen LogP contribution is 2.23. The van der Waals surface area contributed by atoms with Gasteiger partial charge in [0, 0.05) is 12.3 Å². The molecule has 0 spiro atoms. The Balaban J connectivity index is 1.72. The quantitative estimate of drug-likeness (QED) is 0.745. The third-order valence-electron chi connectivity index (χ3n) is 3.12.